The molecule has 1 aromatic rings. The molecule has 0 radical (unpaired) electrons. The van der Waals surface area contributed by atoms with Gasteiger partial charge in [-0.2, -0.15) is 0 Å². The fourth-order valence-corrected chi connectivity index (χ4v) is 4.07. The third-order valence-corrected chi connectivity index (χ3v) is 6.39. The van der Waals surface area contributed by atoms with Crippen LogP contribution in [0.3, 0.4) is 0 Å². The molecule has 7 heteroatoms. The SMILES string of the molecule is COC(=O)C(C)CN(C)C(=O)c1cc(I)cc(I)c1I. The van der Waals surface area contributed by atoms with Gasteiger partial charge in [-0.05, 0) is 79.9 Å². The molecule has 20 heavy (non-hydrogen) atoms. The summed E-state index contributed by atoms with van der Waals surface area (Å²) in [5, 5.41) is 0. The quantitative estimate of drug-likeness (QED) is 0.298. The van der Waals surface area contributed by atoms with Crippen LogP contribution in [0.2, 0.25) is 0 Å². The van der Waals surface area contributed by atoms with E-state index in [-0.39, 0.29) is 17.8 Å². The fraction of sp³-hybridized carbons (Fsp3) is 0.385. The molecule has 1 atom stereocenters. The lowest BCUT2D eigenvalue weighted by molar-refractivity contribution is -0.145. The van der Waals surface area contributed by atoms with E-state index in [1.807, 2.05) is 12.1 Å². The van der Waals surface area contributed by atoms with Crippen LogP contribution < -0.4 is 0 Å². The lowest BCUT2D eigenvalue weighted by atomic mass is 10.1. The van der Waals surface area contributed by atoms with Crippen LogP contribution in [0, 0.1) is 16.6 Å². The number of ether oxygens (including phenoxy) is 1. The second-order valence-corrected chi connectivity index (χ2v) is 7.85. The predicted octanol–water partition coefficient (Wildman–Crippen LogP) is 3.38. The summed E-state index contributed by atoms with van der Waals surface area (Å²) in [4.78, 5) is 25.5. The van der Waals surface area contributed by atoms with Crippen molar-refractivity contribution in [3.05, 3.63) is 28.4 Å². The Morgan fingerprint density at radius 2 is 1.90 bits per heavy atom. The summed E-state index contributed by atoms with van der Waals surface area (Å²) in [6.07, 6.45) is 0. The van der Waals surface area contributed by atoms with Gasteiger partial charge in [-0.25, -0.2) is 0 Å². The van der Waals surface area contributed by atoms with E-state index < -0.39 is 0 Å². The van der Waals surface area contributed by atoms with Crippen LogP contribution in [-0.4, -0.2) is 37.5 Å². The summed E-state index contributed by atoms with van der Waals surface area (Å²) in [6.45, 7) is 2.09. The van der Waals surface area contributed by atoms with E-state index in [1.54, 1.807) is 18.9 Å². The lowest BCUT2D eigenvalue weighted by Gasteiger charge is -2.21. The molecule has 0 fully saturated rings. The molecule has 0 N–H and O–H groups in total. The maximum atomic E-state index is 12.5. The van der Waals surface area contributed by atoms with Crippen molar-refractivity contribution < 1.29 is 14.3 Å². The number of hydrogen-bond acceptors (Lipinski definition) is 3. The van der Waals surface area contributed by atoms with Gasteiger partial charge in [0.05, 0.1) is 18.6 Å². The Morgan fingerprint density at radius 3 is 2.45 bits per heavy atom. The zero-order valence-corrected chi connectivity index (χ0v) is 17.7. The van der Waals surface area contributed by atoms with Crippen molar-refractivity contribution in [1.82, 2.24) is 4.90 Å². The predicted molar refractivity (Wildman–Crippen MR) is 103 cm³/mol. The molecule has 0 aromatic heterocycles. The van der Waals surface area contributed by atoms with Gasteiger partial charge in [-0.3, -0.25) is 9.59 Å². The number of esters is 1. The van der Waals surface area contributed by atoms with Gasteiger partial charge in [-0.1, -0.05) is 6.92 Å². The van der Waals surface area contributed by atoms with Gasteiger partial charge >= 0.3 is 5.97 Å². The van der Waals surface area contributed by atoms with Crippen molar-refractivity contribution in [1.29, 1.82) is 0 Å². The number of methoxy groups -OCH3 is 1. The summed E-state index contributed by atoms with van der Waals surface area (Å²) in [5.74, 6) is -0.730. The van der Waals surface area contributed by atoms with Crippen molar-refractivity contribution in [3.63, 3.8) is 0 Å². The van der Waals surface area contributed by atoms with Crippen LogP contribution in [0.25, 0.3) is 0 Å². The third kappa shape index (κ3) is 4.68. The minimum absolute atomic E-state index is 0.0819. The first-order chi connectivity index (χ1) is 9.27. The van der Waals surface area contributed by atoms with Crippen LogP contribution >= 0.6 is 67.8 Å². The molecule has 0 heterocycles. The molecule has 0 saturated carbocycles. The normalized spacial score (nSPS) is 11.9. The molecular weight excluding hydrogens is 599 g/mol. The molecule has 1 aromatic carbocycles. The highest BCUT2D eigenvalue weighted by Gasteiger charge is 2.22. The van der Waals surface area contributed by atoms with Crippen LogP contribution in [0.1, 0.15) is 17.3 Å². The topological polar surface area (TPSA) is 46.6 Å². The Morgan fingerprint density at radius 1 is 1.30 bits per heavy atom. The Kier molecular flexibility index (Phi) is 7.46. The first kappa shape index (κ1) is 18.4. The monoisotopic (exact) mass is 613 g/mol. The number of rotatable bonds is 4. The molecule has 0 spiro atoms. The highest BCUT2D eigenvalue weighted by atomic mass is 127. The smallest absolute Gasteiger partial charge is 0.310 e. The number of hydrogen-bond donors (Lipinski definition) is 0. The van der Waals surface area contributed by atoms with E-state index in [0.29, 0.717) is 12.1 Å². The molecule has 4 nitrogen and oxygen atoms in total. The number of halogens is 3. The first-order valence-corrected chi connectivity index (χ1v) is 8.99. The van der Waals surface area contributed by atoms with Crippen LogP contribution in [0.4, 0.5) is 0 Å². The number of carbonyl (C=O) groups is 2. The summed E-state index contributed by atoms with van der Waals surface area (Å²) < 4.78 is 7.68. The van der Waals surface area contributed by atoms with E-state index in [0.717, 1.165) is 10.7 Å². The number of benzene rings is 1. The molecule has 0 aliphatic rings. The first-order valence-electron chi connectivity index (χ1n) is 5.75. The minimum atomic E-state index is -0.339. The van der Waals surface area contributed by atoms with Gasteiger partial charge in [0, 0.05) is 24.3 Å². The Balaban J connectivity index is 2.93. The summed E-state index contributed by atoms with van der Waals surface area (Å²) in [5.41, 5.74) is 0.668. The second-order valence-electron chi connectivity index (χ2n) is 4.36. The van der Waals surface area contributed by atoms with Gasteiger partial charge in [-0.15, -0.1) is 0 Å². The molecule has 0 aliphatic heterocycles. The van der Waals surface area contributed by atoms with Crippen LogP contribution in [-0.2, 0) is 9.53 Å². The molecule has 1 rings (SSSR count). The maximum Gasteiger partial charge on any atom is 0.310 e. The van der Waals surface area contributed by atoms with Gasteiger partial charge in [0.1, 0.15) is 0 Å². The Bertz CT molecular complexity index is 534. The van der Waals surface area contributed by atoms with Gasteiger partial charge in [0.15, 0.2) is 0 Å². The Labute approximate surface area is 159 Å². The Hall–Kier alpha value is 0.350. The molecule has 0 saturated heterocycles. The largest absolute Gasteiger partial charge is 0.469 e. The van der Waals surface area contributed by atoms with E-state index in [9.17, 15) is 9.59 Å². The third-order valence-electron chi connectivity index (χ3n) is 2.72. The zero-order valence-electron chi connectivity index (χ0n) is 11.2. The highest BCUT2D eigenvalue weighted by Crippen LogP contribution is 2.24. The highest BCUT2D eigenvalue weighted by molar-refractivity contribution is 14.1. The van der Waals surface area contributed by atoms with E-state index in [1.165, 1.54) is 7.11 Å². The van der Waals surface area contributed by atoms with Crippen molar-refractivity contribution >= 4 is 79.6 Å². The van der Waals surface area contributed by atoms with E-state index in [4.69, 9.17) is 0 Å². The average molecular weight is 613 g/mol. The van der Waals surface area contributed by atoms with Gasteiger partial charge in [0.25, 0.3) is 5.91 Å². The molecule has 110 valence electrons. The van der Waals surface area contributed by atoms with Crippen molar-refractivity contribution in [2.24, 2.45) is 5.92 Å². The minimum Gasteiger partial charge on any atom is -0.469 e. The number of amides is 1. The molecule has 1 amide bonds. The summed E-state index contributed by atoms with van der Waals surface area (Å²) >= 11 is 6.59. The van der Waals surface area contributed by atoms with Gasteiger partial charge in [0.2, 0.25) is 0 Å². The van der Waals surface area contributed by atoms with Crippen molar-refractivity contribution in [3.8, 4) is 0 Å². The van der Waals surface area contributed by atoms with Crippen LogP contribution in [0.5, 0.6) is 0 Å². The number of nitrogens with zero attached hydrogens (tertiary/aromatic N) is 1. The average Bonchev–Trinajstić information content (AvgIpc) is 2.40. The maximum absolute atomic E-state index is 12.5. The molecular formula is C13H14I3NO3. The zero-order chi connectivity index (χ0) is 15.4. The van der Waals surface area contributed by atoms with Crippen LogP contribution in [0.15, 0.2) is 12.1 Å². The summed E-state index contributed by atoms with van der Waals surface area (Å²) in [6, 6.07) is 3.89. The second kappa shape index (κ2) is 8.11. The molecule has 0 bridgehead atoms. The van der Waals surface area contributed by atoms with E-state index >= 15 is 0 Å². The fourth-order valence-electron chi connectivity index (χ4n) is 1.69. The molecule has 1 unspecified atom stereocenters. The van der Waals surface area contributed by atoms with Crippen molar-refractivity contribution in [2.75, 3.05) is 20.7 Å². The standard InChI is InChI=1S/C13H14I3NO3/c1-7(13(19)20-3)6-17(2)12(18)9-4-8(14)5-10(15)11(9)16/h4-5,7H,6H2,1-3H3. The van der Waals surface area contributed by atoms with Gasteiger partial charge < -0.3 is 9.64 Å². The van der Waals surface area contributed by atoms with Crippen molar-refractivity contribution in [2.45, 2.75) is 6.92 Å². The number of carbonyl (C=O) groups excluding carboxylic acids is 2. The molecule has 0 aliphatic carbocycles. The summed E-state index contributed by atoms with van der Waals surface area (Å²) in [7, 11) is 3.05. The lowest BCUT2D eigenvalue weighted by Crippen LogP contribution is -2.34. The van der Waals surface area contributed by atoms with E-state index in [2.05, 4.69) is 72.5 Å².